The molecule has 4 heteroatoms. The molecule has 0 spiro atoms. The molecule has 1 saturated heterocycles. The van der Waals surface area contributed by atoms with Crippen molar-refractivity contribution in [1.82, 2.24) is 0 Å². The van der Waals surface area contributed by atoms with E-state index in [0.29, 0.717) is 5.56 Å². The van der Waals surface area contributed by atoms with Crippen LogP contribution in [0.2, 0.25) is 0 Å². The van der Waals surface area contributed by atoms with Gasteiger partial charge in [0.25, 0.3) is 5.91 Å². The van der Waals surface area contributed by atoms with E-state index in [9.17, 15) is 4.79 Å². The summed E-state index contributed by atoms with van der Waals surface area (Å²) in [5.74, 6) is -0.0573. The largest absolute Gasteiger partial charge is 0.372 e. The maximum atomic E-state index is 12.4. The highest BCUT2D eigenvalue weighted by Gasteiger charge is 2.13. The number of benzene rings is 2. The number of amides is 1. The topological polar surface area (TPSA) is 32.3 Å². The number of carbonyl (C=O) groups is 1. The second-order valence-corrected chi connectivity index (χ2v) is 6.77. The van der Waals surface area contributed by atoms with Gasteiger partial charge in [0, 0.05) is 33.6 Å². The van der Waals surface area contributed by atoms with Gasteiger partial charge in [0.15, 0.2) is 0 Å². The van der Waals surface area contributed by atoms with Crippen LogP contribution in [0, 0.1) is 10.5 Å². The lowest BCUT2D eigenvalue weighted by atomic mass is 10.1. The van der Waals surface area contributed by atoms with Crippen molar-refractivity contribution in [2.75, 3.05) is 23.3 Å². The third kappa shape index (κ3) is 3.27. The summed E-state index contributed by atoms with van der Waals surface area (Å²) in [5, 5.41) is 3.00. The van der Waals surface area contributed by atoms with Gasteiger partial charge in [0.05, 0.1) is 0 Å². The first kappa shape index (κ1) is 15.3. The fraction of sp³-hybridized carbons (Fsp3) is 0.278. The van der Waals surface area contributed by atoms with Crippen molar-refractivity contribution >= 4 is 39.9 Å². The minimum absolute atomic E-state index is 0.0573. The Bertz CT molecular complexity index is 676. The number of nitrogens with one attached hydrogen (secondary N) is 1. The first-order valence-corrected chi connectivity index (χ1v) is 8.64. The number of anilines is 2. The number of nitrogens with zero attached hydrogens (tertiary/aromatic N) is 1. The summed E-state index contributed by atoms with van der Waals surface area (Å²) in [6, 6.07) is 13.8. The van der Waals surface area contributed by atoms with Gasteiger partial charge in [-0.25, -0.2) is 0 Å². The fourth-order valence-electron chi connectivity index (χ4n) is 2.74. The summed E-state index contributed by atoms with van der Waals surface area (Å²) in [4.78, 5) is 14.7. The van der Waals surface area contributed by atoms with E-state index in [1.165, 1.54) is 18.5 Å². The number of hydrogen-bond acceptors (Lipinski definition) is 2. The molecule has 0 saturated carbocycles. The highest BCUT2D eigenvalue weighted by Crippen LogP contribution is 2.23. The van der Waals surface area contributed by atoms with E-state index in [-0.39, 0.29) is 5.91 Å². The predicted molar refractivity (Wildman–Crippen MR) is 99.7 cm³/mol. The van der Waals surface area contributed by atoms with Gasteiger partial charge in [-0.3, -0.25) is 4.79 Å². The molecule has 1 fully saturated rings. The molecule has 0 unspecified atom stereocenters. The first-order chi connectivity index (χ1) is 10.6. The Hall–Kier alpha value is -1.56. The molecule has 1 aliphatic rings. The van der Waals surface area contributed by atoms with Crippen molar-refractivity contribution < 1.29 is 4.79 Å². The van der Waals surface area contributed by atoms with Crippen LogP contribution >= 0.6 is 22.6 Å². The van der Waals surface area contributed by atoms with Crippen molar-refractivity contribution in [3.05, 3.63) is 57.2 Å². The van der Waals surface area contributed by atoms with Crippen LogP contribution in [0.15, 0.2) is 42.5 Å². The lowest BCUT2D eigenvalue weighted by Crippen LogP contribution is -2.18. The molecule has 0 atom stereocenters. The third-order valence-electron chi connectivity index (χ3n) is 4.12. The van der Waals surface area contributed by atoms with E-state index < -0.39 is 0 Å². The van der Waals surface area contributed by atoms with E-state index >= 15 is 0 Å². The summed E-state index contributed by atoms with van der Waals surface area (Å²) < 4.78 is 1.15. The van der Waals surface area contributed by atoms with Crippen molar-refractivity contribution in [2.24, 2.45) is 0 Å². The number of halogens is 1. The average Bonchev–Trinajstić information content (AvgIpc) is 3.06. The molecule has 0 aromatic heterocycles. The predicted octanol–water partition coefficient (Wildman–Crippen LogP) is 4.45. The van der Waals surface area contributed by atoms with Crippen LogP contribution in [0.25, 0.3) is 0 Å². The number of rotatable bonds is 3. The van der Waals surface area contributed by atoms with Crippen LogP contribution in [-0.4, -0.2) is 19.0 Å². The van der Waals surface area contributed by atoms with E-state index in [1.807, 2.05) is 49.4 Å². The van der Waals surface area contributed by atoms with Gasteiger partial charge in [0.2, 0.25) is 0 Å². The molecule has 3 nitrogen and oxygen atoms in total. The summed E-state index contributed by atoms with van der Waals surface area (Å²) in [6.45, 7) is 4.26. The van der Waals surface area contributed by atoms with Crippen LogP contribution < -0.4 is 10.2 Å². The molecule has 1 heterocycles. The lowest BCUT2D eigenvalue weighted by molar-refractivity contribution is 0.102. The van der Waals surface area contributed by atoms with Crippen molar-refractivity contribution in [3.8, 4) is 0 Å². The van der Waals surface area contributed by atoms with Crippen LogP contribution in [0.1, 0.15) is 28.8 Å². The van der Waals surface area contributed by atoms with Gasteiger partial charge >= 0.3 is 0 Å². The van der Waals surface area contributed by atoms with E-state index in [0.717, 1.165) is 27.9 Å². The average molecular weight is 406 g/mol. The molecular formula is C18H19IN2O. The van der Waals surface area contributed by atoms with Crippen LogP contribution in [0.4, 0.5) is 11.4 Å². The Balaban J connectivity index is 1.73. The molecule has 0 bridgehead atoms. The Morgan fingerprint density at radius 3 is 2.45 bits per heavy atom. The van der Waals surface area contributed by atoms with Crippen molar-refractivity contribution in [2.45, 2.75) is 19.8 Å². The second kappa shape index (κ2) is 6.69. The summed E-state index contributed by atoms with van der Waals surface area (Å²) in [5.41, 5.74) is 3.88. The quantitative estimate of drug-likeness (QED) is 0.764. The van der Waals surface area contributed by atoms with Gasteiger partial charge in [-0.05, 0) is 84.3 Å². The zero-order chi connectivity index (χ0) is 15.5. The van der Waals surface area contributed by atoms with Crippen molar-refractivity contribution in [3.63, 3.8) is 0 Å². The minimum Gasteiger partial charge on any atom is -0.372 e. The first-order valence-electron chi connectivity index (χ1n) is 7.56. The monoisotopic (exact) mass is 406 g/mol. The molecule has 1 N–H and O–H groups in total. The normalized spacial score (nSPS) is 14.2. The fourth-order valence-corrected chi connectivity index (χ4v) is 3.23. The smallest absolute Gasteiger partial charge is 0.255 e. The summed E-state index contributed by atoms with van der Waals surface area (Å²) in [6.07, 6.45) is 2.52. The molecule has 3 rings (SSSR count). The standard InChI is InChI=1S/C18H19IN2O/c1-13-16(19)5-4-6-17(13)20-18(22)14-7-9-15(10-8-14)21-11-2-3-12-21/h4-10H,2-3,11-12H2,1H3,(H,20,22). The molecule has 0 aliphatic carbocycles. The van der Waals surface area contributed by atoms with Crippen LogP contribution in [0.5, 0.6) is 0 Å². The summed E-state index contributed by atoms with van der Waals surface area (Å²) in [7, 11) is 0. The van der Waals surface area contributed by atoms with Gasteiger partial charge in [-0.2, -0.15) is 0 Å². The van der Waals surface area contributed by atoms with E-state index in [2.05, 4.69) is 32.8 Å². The van der Waals surface area contributed by atoms with Crippen LogP contribution in [0.3, 0.4) is 0 Å². The highest BCUT2D eigenvalue weighted by molar-refractivity contribution is 14.1. The second-order valence-electron chi connectivity index (χ2n) is 5.61. The molecule has 1 amide bonds. The molecule has 2 aromatic rings. The minimum atomic E-state index is -0.0573. The van der Waals surface area contributed by atoms with Gasteiger partial charge in [-0.1, -0.05) is 6.07 Å². The van der Waals surface area contributed by atoms with E-state index in [1.54, 1.807) is 0 Å². The molecule has 2 aromatic carbocycles. The highest BCUT2D eigenvalue weighted by atomic mass is 127. The Morgan fingerprint density at radius 1 is 1.09 bits per heavy atom. The van der Waals surface area contributed by atoms with Gasteiger partial charge in [-0.15, -0.1) is 0 Å². The lowest BCUT2D eigenvalue weighted by Gasteiger charge is -2.17. The Kier molecular flexibility index (Phi) is 4.66. The SMILES string of the molecule is Cc1c(I)cccc1NC(=O)c1ccc(N2CCCC2)cc1. The molecule has 0 radical (unpaired) electrons. The molecule has 114 valence electrons. The summed E-state index contributed by atoms with van der Waals surface area (Å²) >= 11 is 2.28. The molecule has 1 aliphatic heterocycles. The number of carbonyl (C=O) groups excluding carboxylic acids is 1. The van der Waals surface area contributed by atoms with E-state index in [4.69, 9.17) is 0 Å². The maximum absolute atomic E-state index is 12.4. The molecular weight excluding hydrogens is 387 g/mol. The zero-order valence-electron chi connectivity index (χ0n) is 12.6. The van der Waals surface area contributed by atoms with Crippen molar-refractivity contribution in [1.29, 1.82) is 0 Å². The Morgan fingerprint density at radius 2 is 1.77 bits per heavy atom. The van der Waals surface area contributed by atoms with Gasteiger partial charge in [0.1, 0.15) is 0 Å². The zero-order valence-corrected chi connectivity index (χ0v) is 14.8. The maximum Gasteiger partial charge on any atom is 0.255 e. The Labute approximate surface area is 144 Å². The van der Waals surface area contributed by atoms with Gasteiger partial charge < -0.3 is 10.2 Å². The third-order valence-corrected chi connectivity index (χ3v) is 5.29. The molecule has 22 heavy (non-hydrogen) atoms. The van der Waals surface area contributed by atoms with Crippen LogP contribution in [-0.2, 0) is 0 Å². The number of hydrogen-bond donors (Lipinski definition) is 1.